The van der Waals surface area contributed by atoms with E-state index in [0.717, 1.165) is 31.5 Å². The molecule has 138 valence electrons. The first-order valence-electron chi connectivity index (χ1n) is 8.19. The predicted molar refractivity (Wildman–Crippen MR) is 82.4 cm³/mol. The highest BCUT2D eigenvalue weighted by Crippen LogP contribution is 2.55. The molecule has 1 saturated heterocycles. The normalized spacial score (nSPS) is 24.1. The third-order valence-electron chi connectivity index (χ3n) is 5.35. The molecule has 0 bridgehead atoms. The minimum absolute atomic E-state index is 0.116. The van der Waals surface area contributed by atoms with Gasteiger partial charge in [-0.25, -0.2) is 9.18 Å². The molecule has 2 aliphatic rings. The van der Waals surface area contributed by atoms with E-state index in [9.17, 15) is 22.4 Å². The highest BCUT2D eigenvalue weighted by atomic mass is 19.4. The molecule has 1 aromatic carbocycles. The molecule has 3 rings (SSSR count). The van der Waals surface area contributed by atoms with E-state index in [-0.39, 0.29) is 6.04 Å². The Balaban J connectivity index is 2.00. The predicted octanol–water partition coefficient (Wildman–Crippen LogP) is 3.43. The molecule has 0 radical (unpaired) electrons. The Labute approximate surface area is 142 Å². The number of amides is 1. The summed E-state index contributed by atoms with van der Waals surface area (Å²) in [6, 6.07) is 2.91. The summed E-state index contributed by atoms with van der Waals surface area (Å²) in [6.45, 7) is 0.816. The smallest absolute Gasteiger partial charge is 0.419 e. The molecule has 0 spiro atoms. The fourth-order valence-electron chi connectivity index (χ4n) is 3.93. The number of hydrogen-bond acceptors (Lipinski definition) is 3. The second-order valence-corrected chi connectivity index (χ2v) is 6.90. The number of ether oxygens (including phenoxy) is 1. The maximum absolute atomic E-state index is 13.6. The third kappa shape index (κ3) is 3.31. The van der Waals surface area contributed by atoms with Crippen molar-refractivity contribution < 1.29 is 27.1 Å². The van der Waals surface area contributed by atoms with Crippen molar-refractivity contribution in [3.8, 4) is 0 Å². The second-order valence-electron chi connectivity index (χ2n) is 6.90. The van der Waals surface area contributed by atoms with Gasteiger partial charge in [0, 0.05) is 11.5 Å². The summed E-state index contributed by atoms with van der Waals surface area (Å²) in [7, 11) is 1.89. The number of rotatable bonds is 4. The minimum atomic E-state index is -4.78. The molecule has 25 heavy (non-hydrogen) atoms. The average molecular weight is 360 g/mol. The number of carbonyl (C=O) groups is 1. The van der Waals surface area contributed by atoms with Crippen molar-refractivity contribution in [3.05, 3.63) is 35.1 Å². The van der Waals surface area contributed by atoms with Gasteiger partial charge in [0.05, 0.1) is 5.56 Å². The van der Waals surface area contributed by atoms with Crippen molar-refractivity contribution in [2.45, 2.75) is 49.4 Å². The van der Waals surface area contributed by atoms with Crippen LogP contribution in [0.2, 0.25) is 0 Å². The lowest BCUT2D eigenvalue weighted by molar-refractivity contribution is -0.140. The van der Waals surface area contributed by atoms with Crippen molar-refractivity contribution in [2.24, 2.45) is 5.73 Å². The van der Waals surface area contributed by atoms with E-state index in [4.69, 9.17) is 10.5 Å². The van der Waals surface area contributed by atoms with Gasteiger partial charge in [-0.1, -0.05) is 6.07 Å². The average Bonchev–Trinajstić information content (AvgIpc) is 3.20. The Hall–Kier alpha value is -1.83. The number of benzene rings is 1. The van der Waals surface area contributed by atoms with E-state index in [1.807, 2.05) is 11.9 Å². The van der Waals surface area contributed by atoms with Crippen LogP contribution in [0.5, 0.6) is 0 Å². The van der Waals surface area contributed by atoms with Crippen molar-refractivity contribution in [1.82, 2.24) is 4.90 Å². The molecular formula is C17H20F4N2O2. The van der Waals surface area contributed by atoms with Crippen LogP contribution in [0, 0.1) is 5.82 Å². The number of carbonyl (C=O) groups excluding carboxylic acids is 1. The van der Waals surface area contributed by atoms with Gasteiger partial charge in [0.1, 0.15) is 11.9 Å². The molecule has 2 atom stereocenters. The largest absolute Gasteiger partial charge is 0.444 e. The topological polar surface area (TPSA) is 55.6 Å². The van der Waals surface area contributed by atoms with Crippen molar-refractivity contribution in [2.75, 3.05) is 13.6 Å². The van der Waals surface area contributed by atoms with Crippen LogP contribution in [0.4, 0.5) is 22.4 Å². The Morgan fingerprint density at radius 3 is 2.56 bits per heavy atom. The molecule has 2 fully saturated rings. The molecule has 1 aliphatic heterocycles. The van der Waals surface area contributed by atoms with E-state index < -0.39 is 35.2 Å². The van der Waals surface area contributed by atoms with Crippen LogP contribution in [-0.4, -0.2) is 36.7 Å². The molecule has 4 nitrogen and oxygen atoms in total. The molecular weight excluding hydrogens is 340 g/mol. The quantitative estimate of drug-likeness (QED) is 0.837. The zero-order valence-electron chi connectivity index (χ0n) is 13.8. The number of nitrogens with two attached hydrogens (primary N) is 1. The number of nitrogens with zero attached hydrogens (tertiary/aromatic N) is 1. The number of likely N-dealkylation sites (tertiary alicyclic amines) is 1. The lowest BCUT2D eigenvalue weighted by Gasteiger charge is -2.35. The van der Waals surface area contributed by atoms with Gasteiger partial charge >= 0.3 is 12.3 Å². The zero-order chi connectivity index (χ0) is 18.4. The van der Waals surface area contributed by atoms with E-state index >= 15 is 0 Å². The third-order valence-corrected chi connectivity index (χ3v) is 5.35. The van der Waals surface area contributed by atoms with Crippen LogP contribution in [0.1, 0.15) is 36.8 Å². The van der Waals surface area contributed by atoms with E-state index in [1.54, 1.807) is 0 Å². The highest BCUT2D eigenvalue weighted by Gasteiger charge is 2.57. The number of likely N-dealkylation sites (N-methyl/N-ethyl adjacent to an activating group) is 1. The van der Waals surface area contributed by atoms with Gasteiger partial charge < -0.3 is 10.5 Å². The van der Waals surface area contributed by atoms with Gasteiger partial charge in [-0.2, -0.15) is 13.2 Å². The first kappa shape index (κ1) is 18.0. The van der Waals surface area contributed by atoms with Gasteiger partial charge in [-0.15, -0.1) is 0 Å². The summed E-state index contributed by atoms with van der Waals surface area (Å²) in [5.74, 6) is -1.31. The summed E-state index contributed by atoms with van der Waals surface area (Å²) in [5.41, 5.74) is 3.51. The molecule has 1 aliphatic carbocycles. The molecule has 1 aromatic rings. The number of primary amides is 1. The Bertz CT molecular complexity index is 673. The van der Waals surface area contributed by atoms with Gasteiger partial charge in [0.2, 0.25) is 0 Å². The fourth-order valence-corrected chi connectivity index (χ4v) is 3.93. The maximum Gasteiger partial charge on any atom is 0.419 e. The molecule has 1 heterocycles. The van der Waals surface area contributed by atoms with Gasteiger partial charge in [0.25, 0.3) is 0 Å². The van der Waals surface area contributed by atoms with Gasteiger partial charge in [-0.3, -0.25) is 4.90 Å². The summed E-state index contributed by atoms with van der Waals surface area (Å²) < 4.78 is 58.2. The molecule has 1 amide bonds. The van der Waals surface area contributed by atoms with Crippen molar-refractivity contribution in [1.29, 1.82) is 0 Å². The molecule has 8 heteroatoms. The zero-order valence-corrected chi connectivity index (χ0v) is 13.8. The number of alkyl halides is 3. The van der Waals surface area contributed by atoms with E-state index in [2.05, 4.69) is 0 Å². The van der Waals surface area contributed by atoms with Crippen LogP contribution < -0.4 is 5.73 Å². The Morgan fingerprint density at radius 2 is 2.08 bits per heavy atom. The van der Waals surface area contributed by atoms with Crippen molar-refractivity contribution >= 4 is 6.09 Å². The summed E-state index contributed by atoms with van der Waals surface area (Å²) in [4.78, 5) is 13.4. The minimum Gasteiger partial charge on any atom is -0.444 e. The standard InChI is InChI=1S/C17H20F4N2O2/c1-23-8-2-3-13(23)14(25-15(22)24)16(6-7-16)10-4-5-12(18)11(9-10)17(19,20)21/h4-5,9,13-14H,2-3,6-8H2,1H3,(H2,22,24)/t13-,14+/m0/s1. The van der Waals surface area contributed by atoms with Gasteiger partial charge in [-0.05, 0) is 57.0 Å². The summed E-state index contributed by atoms with van der Waals surface area (Å²) >= 11 is 0. The fraction of sp³-hybridized carbons (Fsp3) is 0.588. The van der Waals surface area contributed by atoms with E-state index in [0.29, 0.717) is 18.4 Å². The number of halogens is 4. The van der Waals surface area contributed by atoms with Crippen LogP contribution >= 0.6 is 0 Å². The Morgan fingerprint density at radius 1 is 1.40 bits per heavy atom. The first-order valence-corrected chi connectivity index (χ1v) is 8.19. The van der Waals surface area contributed by atoms with Crippen molar-refractivity contribution in [3.63, 3.8) is 0 Å². The highest BCUT2D eigenvalue weighted by molar-refractivity contribution is 5.65. The molecule has 0 unspecified atom stereocenters. The Kier molecular flexibility index (Phi) is 4.43. The van der Waals surface area contributed by atoms with E-state index in [1.165, 1.54) is 6.07 Å². The lowest BCUT2D eigenvalue weighted by atomic mass is 9.84. The first-order chi connectivity index (χ1) is 11.6. The monoisotopic (exact) mass is 360 g/mol. The van der Waals surface area contributed by atoms with Crippen LogP contribution in [0.25, 0.3) is 0 Å². The lowest BCUT2D eigenvalue weighted by Crippen LogP contribution is -2.47. The van der Waals surface area contributed by atoms with Crippen LogP contribution in [-0.2, 0) is 16.3 Å². The summed E-state index contributed by atoms with van der Waals surface area (Å²) in [5, 5.41) is 0. The summed E-state index contributed by atoms with van der Waals surface area (Å²) in [6.07, 6.45) is -3.56. The SMILES string of the molecule is CN1CCC[C@H]1[C@@H](OC(N)=O)C1(c2ccc(F)c(C(F)(F)F)c2)CC1. The maximum atomic E-state index is 13.6. The van der Waals surface area contributed by atoms with Crippen LogP contribution in [0.3, 0.4) is 0 Å². The second kappa shape index (κ2) is 6.16. The molecule has 1 saturated carbocycles. The van der Waals surface area contributed by atoms with Gasteiger partial charge in [0.15, 0.2) is 0 Å². The molecule has 2 N–H and O–H groups in total. The number of hydrogen-bond donors (Lipinski definition) is 1. The van der Waals surface area contributed by atoms with Crippen LogP contribution in [0.15, 0.2) is 18.2 Å². The molecule has 0 aromatic heterocycles.